The zero-order chi connectivity index (χ0) is 14.7. The van der Waals surface area contributed by atoms with Crippen LogP contribution < -0.4 is 5.73 Å². The van der Waals surface area contributed by atoms with Gasteiger partial charge < -0.3 is 10.6 Å². The van der Waals surface area contributed by atoms with E-state index in [1.165, 1.54) is 11.3 Å². The monoisotopic (exact) mass is 288 g/mol. The van der Waals surface area contributed by atoms with E-state index in [0.29, 0.717) is 23.7 Å². The molecule has 5 nitrogen and oxygen atoms in total. The molecule has 0 bridgehead atoms. The Hall–Kier alpha value is -2.13. The van der Waals surface area contributed by atoms with Crippen LogP contribution in [0.4, 0.5) is 5.69 Å². The molecule has 1 unspecified atom stereocenters. The Morgan fingerprint density at radius 3 is 3.00 bits per heavy atom. The third kappa shape index (κ3) is 2.58. The number of nitrogens with zero attached hydrogens (tertiary/aromatic N) is 3. The summed E-state index contributed by atoms with van der Waals surface area (Å²) >= 11 is 1.30. The van der Waals surface area contributed by atoms with Gasteiger partial charge in [-0.2, -0.15) is 5.26 Å². The van der Waals surface area contributed by atoms with E-state index >= 15 is 0 Å². The van der Waals surface area contributed by atoms with Crippen LogP contribution in [-0.2, 0) is 0 Å². The van der Waals surface area contributed by atoms with Gasteiger partial charge in [0, 0.05) is 24.7 Å². The molecule has 20 heavy (non-hydrogen) atoms. The molecule has 0 aliphatic rings. The highest BCUT2D eigenvalue weighted by atomic mass is 32.1. The van der Waals surface area contributed by atoms with Crippen molar-refractivity contribution in [2.24, 2.45) is 5.92 Å². The lowest BCUT2D eigenvalue weighted by atomic mass is 10.2. The van der Waals surface area contributed by atoms with E-state index in [-0.39, 0.29) is 11.8 Å². The van der Waals surface area contributed by atoms with Crippen LogP contribution in [0.25, 0.3) is 10.2 Å². The maximum atomic E-state index is 12.5. The number of hydrogen-bond acceptors (Lipinski definition) is 5. The lowest BCUT2D eigenvalue weighted by Crippen LogP contribution is -2.34. The molecule has 2 rings (SSSR count). The summed E-state index contributed by atoms with van der Waals surface area (Å²) in [4.78, 5) is 19.7. The second kappa shape index (κ2) is 5.88. The largest absolute Gasteiger partial charge is 0.397 e. The second-order valence-corrected chi connectivity index (χ2v) is 5.57. The SMILES string of the molecule is CCN(CC(C)C#N)C(=O)c1sc2ncccc2c1N. The molecule has 6 heteroatoms. The molecular weight excluding hydrogens is 272 g/mol. The number of nitriles is 1. The van der Waals surface area contributed by atoms with E-state index in [2.05, 4.69) is 11.1 Å². The van der Waals surface area contributed by atoms with Gasteiger partial charge in [-0.1, -0.05) is 0 Å². The highest BCUT2D eigenvalue weighted by Crippen LogP contribution is 2.32. The Balaban J connectivity index is 2.35. The van der Waals surface area contributed by atoms with Gasteiger partial charge in [-0.3, -0.25) is 4.79 Å². The summed E-state index contributed by atoms with van der Waals surface area (Å²) in [6.45, 7) is 4.65. The number of nitrogens with two attached hydrogens (primary N) is 1. The number of aromatic nitrogens is 1. The van der Waals surface area contributed by atoms with Gasteiger partial charge in [-0.25, -0.2) is 4.98 Å². The van der Waals surface area contributed by atoms with Crippen molar-refractivity contribution in [2.75, 3.05) is 18.8 Å². The number of fused-ring (bicyclic) bond motifs is 1. The van der Waals surface area contributed by atoms with Gasteiger partial charge >= 0.3 is 0 Å². The summed E-state index contributed by atoms with van der Waals surface area (Å²) < 4.78 is 0. The molecule has 0 aromatic carbocycles. The Bertz CT molecular complexity index is 673. The van der Waals surface area contributed by atoms with Crippen molar-refractivity contribution in [2.45, 2.75) is 13.8 Å². The molecule has 0 saturated heterocycles. The molecule has 0 aliphatic heterocycles. The molecule has 104 valence electrons. The van der Waals surface area contributed by atoms with Gasteiger partial charge in [0.05, 0.1) is 17.7 Å². The quantitative estimate of drug-likeness (QED) is 0.937. The standard InChI is InChI=1S/C14H16N4OS/c1-3-18(8-9(2)7-15)14(19)12-11(16)10-5-4-6-17-13(10)20-12/h4-6,9H,3,8,16H2,1-2H3. The molecule has 0 saturated carbocycles. The Morgan fingerprint density at radius 1 is 1.65 bits per heavy atom. The van der Waals surface area contributed by atoms with Crippen LogP contribution in [0.15, 0.2) is 18.3 Å². The van der Waals surface area contributed by atoms with E-state index in [1.807, 2.05) is 13.0 Å². The predicted molar refractivity (Wildman–Crippen MR) is 80.4 cm³/mol. The number of anilines is 1. The minimum atomic E-state index is -0.201. The van der Waals surface area contributed by atoms with Crippen LogP contribution in [0, 0.1) is 17.2 Å². The molecular formula is C14H16N4OS. The Morgan fingerprint density at radius 2 is 2.40 bits per heavy atom. The van der Waals surface area contributed by atoms with Crippen molar-refractivity contribution in [3.63, 3.8) is 0 Å². The van der Waals surface area contributed by atoms with Crippen molar-refractivity contribution in [1.82, 2.24) is 9.88 Å². The second-order valence-electron chi connectivity index (χ2n) is 4.57. The number of nitrogen functional groups attached to an aromatic ring is 1. The Kier molecular flexibility index (Phi) is 4.20. The maximum Gasteiger partial charge on any atom is 0.266 e. The van der Waals surface area contributed by atoms with E-state index in [1.54, 1.807) is 24.1 Å². The molecule has 1 amide bonds. The van der Waals surface area contributed by atoms with Crippen LogP contribution in [0.2, 0.25) is 0 Å². The molecule has 0 aliphatic carbocycles. The topological polar surface area (TPSA) is 83.0 Å². The fourth-order valence-electron chi connectivity index (χ4n) is 1.98. The molecule has 0 fully saturated rings. The minimum absolute atomic E-state index is 0.130. The van der Waals surface area contributed by atoms with E-state index in [4.69, 9.17) is 11.0 Å². The van der Waals surface area contributed by atoms with Crippen LogP contribution in [-0.4, -0.2) is 28.9 Å². The van der Waals surface area contributed by atoms with Gasteiger partial charge in [-0.05, 0) is 26.0 Å². The van der Waals surface area contributed by atoms with Gasteiger partial charge in [-0.15, -0.1) is 11.3 Å². The van der Waals surface area contributed by atoms with Gasteiger partial charge in [0.2, 0.25) is 0 Å². The number of amides is 1. The maximum absolute atomic E-state index is 12.5. The summed E-state index contributed by atoms with van der Waals surface area (Å²) in [5.41, 5.74) is 6.53. The fourth-order valence-corrected chi connectivity index (χ4v) is 3.01. The summed E-state index contributed by atoms with van der Waals surface area (Å²) in [5.74, 6) is -0.331. The molecule has 2 heterocycles. The number of hydrogen-bond donors (Lipinski definition) is 1. The lowest BCUT2D eigenvalue weighted by molar-refractivity contribution is 0.0758. The lowest BCUT2D eigenvalue weighted by Gasteiger charge is -2.21. The molecule has 2 aromatic heterocycles. The number of pyridine rings is 1. The van der Waals surface area contributed by atoms with Crippen molar-refractivity contribution < 1.29 is 4.79 Å². The van der Waals surface area contributed by atoms with Crippen LogP contribution >= 0.6 is 11.3 Å². The van der Waals surface area contributed by atoms with E-state index < -0.39 is 0 Å². The van der Waals surface area contributed by atoms with E-state index in [0.717, 1.165) is 10.2 Å². The van der Waals surface area contributed by atoms with Crippen molar-refractivity contribution in [3.05, 3.63) is 23.2 Å². The summed E-state index contributed by atoms with van der Waals surface area (Å²) in [6, 6.07) is 5.80. The average Bonchev–Trinajstić information content (AvgIpc) is 2.81. The third-order valence-corrected chi connectivity index (χ3v) is 4.20. The number of carbonyl (C=O) groups is 1. The number of thiophene rings is 1. The highest BCUT2D eigenvalue weighted by molar-refractivity contribution is 7.21. The fraction of sp³-hybridized carbons (Fsp3) is 0.357. The van der Waals surface area contributed by atoms with Crippen molar-refractivity contribution in [1.29, 1.82) is 5.26 Å². The van der Waals surface area contributed by atoms with Crippen LogP contribution in [0.3, 0.4) is 0 Å². The van der Waals surface area contributed by atoms with Gasteiger partial charge in [0.15, 0.2) is 0 Å². The molecule has 0 spiro atoms. The van der Waals surface area contributed by atoms with Crippen molar-refractivity contribution in [3.8, 4) is 6.07 Å². The third-order valence-electron chi connectivity index (χ3n) is 3.08. The first-order valence-electron chi connectivity index (χ1n) is 6.40. The minimum Gasteiger partial charge on any atom is -0.397 e. The zero-order valence-corrected chi connectivity index (χ0v) is 12.3. The summed E-state index contributed by atoms with van der Waals surface area (Å²) in [6.07, 6.45) is 1.68. The van der Waals surface area contributed by atoms with E-state index in [9.17, 15) is 4.79 Å². The highest BCUT2D eigenvalue weighted by Gasteiger charge is 2.22. The van der Waals surface area contributed by atoms with Crippen molar-refractivity contribution >= 4 is 33.1 Å². The number of rotatable bonds is 4. The molecule has 2 aromatic rings. The smallest absolute Gasteiger partial charge is 0.266 e. The first-order valence-corrected chi connectivity index (χ1v) is 7.22. The van der Waals surface area contributed by atoms with Crippen LogP contribution in [0.5, 0.6) is 0 Å². The molecule has 2 N–H and O–H groups in total. The number of carbonyl (C=O) groups excluding carboxylic acids is 1. The molecule has 1 atom stereocenters. The molecule has 0 radical (unpaired) electrons. The first kappa shape index (κ1) is 14.3. The first-order chi connectivity index (χ1) is 9.58. The summed E-state index contributed by atoms with van der Waals surface area (Å²) in [7, 11) is 0. The van der Waals surface area contributed by atoms with Crippen LogP contribution in [0.1, 0.15) is 23.5 Å². The Labute approximate surface area is 121 Å². The summed E-state index contributed by atoms with van der Waals surface area (Å²) in [5, 5.41) is 9.69. The van der Waals surface area contributed by atoms with Gasteiger partial charge in [0.1, 0.15) is 9.71 Å². The normalized spacial score (nSPS) is 12.1. The predicted octanol–water partition coefficient (Wildman–Crippen LogP) is 2.50. The average molecular weight is 288 g/mol. The van der Waals surface area contributed by atoms with Gasteiger partial charge in [0.25, 0.3) is 5.91 Å². The zero-order valence-electron chi connectivity index (χ0n) is 11.5.